The Morgan fingerprint density at radius 2 is 2.05 bits per heavy atom. The Balaban J connectivity index is 1.60. The number of hydrogen-bond acceptors (Lipinski definition) is 8. The van der Waals surface area contributed by atoms with Gasteiger partial charge in [-0.15, -0.1) is 5.10 Å². The molecule has 0 bridgehead atoms. The fourth-order valence-corrected chi connectivity index (χ4v) is 1.98. The molecule has 1 atom stereocenters. The summed E-state index contributed by atoms with van der Waals surface area (Å²) in [7, 11) is 0. The SMILES string of the molecule is Nc1n[nH]c(-c2nc(C3COc4ccccc4O3)no2)n1. The van der Waals surface area contributed by atoms with Crippen molar-refractivity contribution in [2.45, 2.75) is 6.10 Å². The van der Waals surface area contributed by atoms with Gasteiger partial charge in [0.05, 0.1) is 0 Å². The molecular weight excluding hydrogens is 276 g/mol. The molecule has 1 aliphatic rings. The van der Waals surface area contributed by atoms with Crippen molar-refractivity contribution in [3.05, 3.63) is 30.1 Å². The van der Waals surface area contributed by atoms with Gasteiger partial charge in [0.25, 0.3) is 5.89 Å². The molecule has 1 unspecified atom stereocenters. The van der Waals surface area contributed by atoms with Crippen LogP contribution in [0.5, 0.6) is 11.5 Å². The molecule has 0 saturated carbocycles. The summed E-state index contributed by atoms with van der Waals surface area (Å²) in [4.78, 5) is 8.14. The van der Waals surface area contributed by atoms with E-state index in [1.807, 2.05) is 24.3 Å². The molecule has 2 aromatic heterocycles. The van der Waals surface area contributed by atoms with E-state index in [1.165, 1.54) is 0 Å². The number of rotatable bonds is 2. The van der Waals surface area contributed by atoms with Crippen molar-refractivity contribution in [2.75, 3.05) is 12.3 Å². The predicted molar refractivity (Wildman–Crippen MR) is 69.4 cm³/mol. The molecular formula is C12H10N6O3. The molecule has 3 N–H and O–H groups in total. The van der Waals surface area contributed by atoms with Gasteiger partial charge in [0.2, 0.25) is 17.6 Å². The van der Waals surface area contributed by atoms with Gasteiger partial charge >= 0.3 is 0 Å². The van der Waals surface area contributed by atoms with Gasteiger partial charge in [0, 0.05) is 0 Å². The maximum Gasteiger partial charge on any atom is 0.295 e. The van der Waals surface area contributed by atoms with Crippen molar-refractivity contribution in [1.29, 1.82) is 0 Å². The third-order valence-corrected chi connectivity index (χ3v) is 2.94. The van der Waals surface area contributed by atoms with Gasteiger partial charge < -0.3 is 19.7 Å². The van der Waals surface area contributed by atoms with Crippen molar-refractivity contribution in [1.82, 2.24) is 25.3 Å². The Bertz CT molecular complexity index is 783. The van der Waals surface area contributed by atoms with Crippen molar-refractivity contribution >= 4 is 5.95 Å². The van der Waals surface area contributed by atoms with E-state index in [4.69, 9.17) is 19.7 Å². The lowest BCUT2D eigenvalue weighted by atomic mass is 10.2. The summed E-state index contributed by atoms with van der Waals surface area (Å²) in [6, 6.07) is 7.40. The topological polar surface area (TPSA) is 125 Å². The molecule has 0 saturated heterocycles. The molecule has 9 heteroatoms. The van der Waals surface area contributed by atoms with Gasteiger partial charge in [-0.3, -0.25) is 5.10 Å². The first-order chi connectivity index (χ1) is 10.3. The van der Waals surface area contributed by atoms with E-state index in [9.17, 15) is 0 Å². The Morgan fingerprint density at radius 3 is 2.86 bits per heavy atom. The molecule has 4 rings (SSSR count). The minimum Gasteiger partial charge on any atom is -0.485 e. The summed E-state index contributed by atoms with van der Waals surface area (Å²) in [5, 5.41) is 10.2. The van der Waals surface area contributed by atoms with Crippen LogP contribution in [0, 0.1) is 0 Å². The average molecular weight is 286 g/mol. The van der Waals surface area contributed by atoms with E-state index in [0.717, 1.165) is 0 Å². The van der Waals surface area contributed by atoms with Crippen LogP contribution in [0.2, 0.25) is 0 Å². The smallest absolute Gasteiger partial charge is 0.295 e. The molecule has 21 heavy (non-hydrogen) atoms. The van der Waals surface area contributed by atoms with Crippen LogP contribution in [0.15, 0.2) is 28.8 Å². The molecule has 1 aliphatic heterocycles. The van der Waals surface area contributed by atoms with Gasteiger partial charge in [-0.1, -0.05) is 17.3 Å². The standard InChI is InChI=1S/C12H10N6O3/c13-12-15-10(16-17-12)11-14-9(18-21-11)8-5-19-6-3-1-2-4-7(6)20-8/h1-4,8H,5H2,(H3,13,15,16,17). The lowest BCUT2D eigenvalue weighted by Crippen LogP contribution is -2.22. The van der Waals surface area contributed by atoms with Gasteiger partial charge in [-0.2, -0.15) is 9.97 Å². The monoisotopic (exact) mass is 286 g/mol. The van der Waals surface area contributed by atoms with Crippen LogP contribution in [0.25, 0.3) is 11.7 Å². The summed E-state index contributed by atoms with van der Waals surface area (Å²) >= 11 is 0. The van der Waals surface area contributed by atoms with E-state index in [-0.39, 0.29) is 11.8 Å². The predicted octanol–water partition coefficient (Wildman–Crippen LogP) is 0.949. The minimum absolute atomic E-state index is 0.107. The zero-order chi connectivity index (χ0) is 14.2. The first-order valence-corrected chi connectivity index (χ1v) is 6.20. The fraction of sp³-hybridized carbons (Fsp3) is 0.167. The fourth-order valence-electron chi connectivity index (χ4n) is 1.98. The summed E-state index contributed by atoms with van der Waals surface area (Å²) in [6.07, 6.45) is -0.447. The van der Waals surface area contributed by atoms with E-state index < -0.39 is 6.10 Å². The average Bonchev–Trinajstić information content (AvgIpc) is 3.15. The van der Waals surface area contributed by atoms with Crippen LogP contribution in [0.3, 0.4) is 0 Å². The summed E-state index contributed by atoms with van der Waals surface area (Å²) in [5.41, 5.74) is 5.43. The van der Waals surface area contributed by atoms with Gasteiger partial charge in [-0.05, 0) is 12.1 Å². The van der Waals surface area contributed by atoms with Crippen LogP contribution in [0.4, 0.5) is 5.95 Å². The number of para-hydroxylation sites is 2. The highest BCUT2D eigenvalue weighted by Gasteiger charge is 2.27. The molecule has 0 spiro atoms. The number of aromatic amines is 1. The van der Waals surface area contributed by atoms with E-state index >= 15 is 0 Å². The molecule has 3 heterocycles. The van der Waals surface area contributed by atoms with Crippen molar-refractivity contribution in [3.8, 4) is 23.2 Å². The number of hydrogen-bond donors (Lipinski definition) is 2. The van der Waals surface area contributed by atoms with Crippen molar-refractivity contribution < 1.29 is 14.0 Å². The van der Waals surface area contributed by atoms with Crippen molar-refractivity contribution in [3.63, 3.8) is 0 Å². The number of nitrogens with two attached hydrogens (primary N) is 1. The van der Waals surface area contributed by atoms with Crippen molar-refractivity contribution in [2.24, 2.45) is 0 Å². The zero-order valence-electron chi connectivity index (χ0n) is 10.7. The maximum absolute atomic E-state index is 5.79. The molecule has 3 aromatic rings. The maximum atomic E-state index is 5.79. The normalized spacial score (nSPS) is 16.9. The number of benzene rings is 1. The van der Waals surface area contributed by atoms with Gasteiger partial charge in [0.1, 0.15) is 6.61 Å². The Labute approximate surface area is 118 Å². The molecule has 1 aromatic carbocycles. The first-order valence-electron chi connectivity index (χ1n) is 6.20. The quantitative estimate of drug-likeness (QED) is 0.713. The van der Waals surface area contributed by atoms with E-state index in [0.29, 0.717) is 29.8 Å². The number of nitrogens with zero attached hydrogens (tertiary/aromatic N) is 4. The number of fused-ring (bicyclic) bond motifs is 1. The third-order valence-electron chi connectivity index (χ3n) is 2.94. The Morgan fingerprint density at radius 1 is 1.19 bits per heavy atom. The van der Waals surface area contributed by atoms with E-state index in [2.05, 4.69) is 25.3 Å². The number of nitrogens with one attached hydrogen (secondary N) is 1. The molecule has 0 radical (unpaired) electrons. The number of ether oxygens (including phenoxy) is 2. The lowest BCUT2D eigenvalue weighted by Gasteiger charge is -2.24. The second-order valence-corrected chi connectivity index (χ2v) is 4.36. The Hall–Kier alpha value is -3.10. The number of nitrogen functional groups attached to an aromatic ring is 1. The number of H-pyrrole nitrogens is 1. The molecule has 0 fully saturated rings. The van der Waals surface area contributed by atoms with Gasteiger partial charge in [0.15, 0.2) is 17.6 Å². The highest BCUT2D eigenvalue weighted by atomic mass is 16.6. The van der Waals surface area contributed by atoms with Crippen LogP contribution < -0.4 is 15.2 Å². The van der Waals surface area contributed by atoms with Crippen LogP contribution >= 0.6 is 0 Å². The van der Waals surface area contributed by atoms with Crippen LogP contribution in [-0.2, 0) is 0 Å². The number of aromatic nitrogens is 5. The molecule has 0 amide bonds. The Kier molecular flexibility index (Phi) is 2.49. The second kappa shape index (κ2) is 4.47. The highest BCUT2D eigenvalue weighted by Crippen LogP contribution is 2.35. The highest BCUT2D eigenvalue weighted by molar-refractivity contribution is 5.43. The largest absolute Gasteiger partial charge is 0.485 e. The summed E-state index contributed by atoms with van der Waals surface area (Å²) in [5.74, 6) is 2.31. The third kappa shape index (κ3) is 2.04. The molecule has 106 valence electrons. The lowest BCUT2D eigenvalue weighted by molar-refractivity contribution is 0.0832. The minimum atomic E-state index is -0.447. The van der Waals surface area contributed by atoms with Crippen LogP contribution in [0.1, 0.15) is 11.9 Å². The van der Waals surface area contributed by atoms with E-state index in [1.54, 1.807) is 0 Å². The van der Waals surface area contributed by atoms with Crippen LogP contribution in [-0.4, -0.2) is 31.9 Å². The number of anilines is 1. The molecule has 9 nitrogen and oxygen atoms in total. The first kappa shape index (κ1) is 11.7. The summed E-state index contributed by atoms with van der Waals surface area (Å²) < 4.78 is 16.5. The van der Waals surface area contributed by atoms with Gasteiger partial charge in [-0.25, -0.2) is 0 Å². The molecule has 0 aliphatic carbocycles. The zero-order valence-corrected chi connectivity index (χ0v) is 10.7. The summed E-state index contributed by atoms with van der Waals surface area (Å²) in [6.45, 7) is 0.300. The second-order valence-electron chi connectivity index (χ2n) is 4.36.